The quantitative estimate of drug-likeness (QED) is 0.816. The zero-order valence-corrected chi connectivity index (χ0v) is 16.8. The van der Waals surface area contributed by atoms with Gasteiger partial charge in [-0.05, 0) is 44.4 Å². The van der Waals surface area contributed by atoms with E-state index in [1.54, 1.807) is 12.1 Å². The van der Waals surface area contributed by atoms with Crippen LogP contribution in [0.15, 0.2) is 18.2 Å². The van der Waals surface area contributed by atoms with Gasteiger partial charge in [0.1, 0.15) is 0 Å². The zero-order valence-electron chi connectivity index (χ0n) is 14.5. The average Bonchev–Trinajstić information content (AvgIpc) is 3.18. The molecule has 1 fully saturated rings. The van der Waals surface area contributed by atoms with Crippen molar-refractivity contribution < 1.29 is 4.79 Å². The van der Waals surface area contributed by atoms with Crippen molar-refractivity contribution in [3.8, 4) is 5.69 Å². The van der Waals surface area contributed by atoms with Gasteiger partial charge in [-0.1, -0.05) is 23.2 Å². The van der Waals surface area contributed by atoms with E-state index < -0.39 is 0 Å². The SMILES string of the molecule is C[C@H]1CNCCN1C(=O)c1nn(-c2ccc(Cl)cc2Cl)c2c1CCC2.Cl. The van der Waals surface area contributed by atoms with Crippen LogP contribution in [0.2, 0.25) is 10.0 Å². The van der Waals surface area contributed by atoms with Crippen LogP contribution in [-0.2, 0) is 12.8 Å². The minimum atomic E-state index is 0. The summed E-state index contributed by atoms with van der Waals surface area (Å²) >= 11 is 12.4. The number of halogens is 3. The molecular formula is C18H21Cl3N4O. The van der Waals surface area contributed by atoms with Crippen molar-refractivity contribution >= 4 is 41.5 Å². The Morgan fingerprint density at radius 1 is 1.31 bits per heavy atom. The molecule has 4 rings (SSSR count). The molecule has 8 heteroatoms. The largest absolute Gasteiger partial charge is 0.332 e. The van der Waals surface area contributed by atoms with Crippen molar-refractivity contribution in [3.63, 3.8) is 0 Å². The Hall–Kier alpha value is -1.27. The van der Waals surface area contributed by atoms with Gasteiger partial charge in [0, 0.05) is 42.0 Å². The molecule has 2 heterocycles. The molecule has 140 valence electrons. The van der Waals surface area contributed by atoms with Crippen LogP contribution < -0.4 is 5.32 Å². The number of amides is 1. The van der Waals surface area contributed by atoms with Crippen LogP contribution >= 0.6 is 35.6 Å². The normalized spacial score (nSPS) is 19.2. The second-order valence-corrected chi connectivity index (χ2v) is 7.53. The smallest absolute Gasteiger partial charge is 0.274 e. The van der Waals surface area contributed by atoms with Crippen molar-refractivity contribution in [1.29, 1.82) is 0 Å². The van der Waals surface area contributed by atoms with Gasteiger partial charge in [0.25, 0.3) is 5.91 Å². The molecular weight excluding hydrogens is 395 g/mol. The molecule has 0 saturated carbocycles. The van der Waals surface area contributed by atoms with Crippen LogP contribution in [0.5, 0.6) is 0 Å². The van der Waals surface area contributed by atoms with E-state index in [2.05, 4.69) is 17.3 Å². The number of rotatable bonds is 2. The minimum absolute atomic E-state index is 0. The molecule has 1 amide bonds. The van der Waals surface area contributed by atoms with Gasteiger partial charge in [-0.15, -0.1) is 12.4 Å². The molecule has 0 radical (unpaired) electrons. The number of nitrogens with zero attached hydrogens (tertiary/aromatic N) is 3. The van der Waals surface area contributed by atoms with Gasteiger partial charge in [0.2, 0.25) is 0 Å². The van der Waals surface area contributed by atoms with E-state index in [-0.39, 0.29) is 24.4 Å². The molecule has 1 N–H and O–H groups in total. The van der Waals surface area contributed by atoms with Gasteiger partial charge in [-0.3, -0.25) is 4.79 Å². The lowest BCUT2D eigenvalue weighted by molar-refractivity contribution is 0.0648. The molecule has 1 saturated heterocycles. The van der Waals surface area contributed by atoms with Crippen LogP contribution in [-0.4, -0.2) is 46.3 Å². The third-order valence-electron chi connectivity index (χ3n) is 5.03. The number of aromatic nitrogens is 2. The highest BCUT2D eigenvalue weighted by Crippen LogP contribution is 2.32. The number of hydrogen-bond donors (Lipinski definition) is 1. The van der Waals surface area contributed by atoms with E-state index in [0.717, 1.165) is 49.3 Å². The van der Waals surface area contributed by atoms with Crippen LogP contribution in [0.4, 0.5) is 0 Å². The van der Waals surface area contributed by atoms with Crippen molar-refractivity contribution in [1.82, 2.24) is 20.0 Å². The lowest BCUT2D eigenvalue weighted by Crippen LogP contribution is -2.52. The Morgan fingerprint density at radius 2 is 2.12 bits per heavy atom. The maximum Gasteiger partial charge on any atom is 0.274 e. The Kier molecular flexibility index (Phi) is 5.82. The van der Waals surface area contributed by atoms with Gasteiger partial charge in [0.15, 0.2) is 5.69 Å². The molecule has 26 heavy (non-hydrogen) atoms. The Morgan fingerprint density at radius 3 is 2.85 bits per heavy atom. The highest BCUT2D eigenvalue weighted by molar-refractivity contribution is 6.35. The Bertz CT molecular complexity index is 836. The molecule has 2 aromatic rings. The fourth-order valence-corrected chi connectivity index (χ4v) is 4.23. The molecule has 1 atom stereocenters. The minimum Gasteiger partial charge on any atom is -0.332 e. The summed E-state index contributed by atoms with van der Waals surface area (Å²) in [5.74, 6) is 0.0241. The van der Waals surface area contributed by atoms with Crippen molar-refractivity contribution in [2.45, 2.75) is 32.2 Å². The van der Waals surface area contributed by atoms with E-state index in [1.165, 1.54) is 0 Å². The van der Waals surface area contributed by atoms with Crippen LogP contribution in [0.3, 0.4) is 0 Å². The predicted molar refractivity (Wildman–Crippen MR) is 106 cm³/mol. The first kappa shape index (κ1) is 19.5. The van der Waals surface area contributed by atoms with E-state index in [1.807, 2.05) is 15.6 Å². The van der Waals surface area contributed by atoms with Crippen LogP contribution in [0.1, 0.15) is 35.1 Å². The molecule has 1 aromatic heterocycles. The van der Waals surface area contributed by atoms with Crippen molar-refractivity contribution in [3.05, 3.63) is 45.2 Å². The summed E-state index contributed by atoms with van der Waals surface area (Å²) in [5, 5.41) is 9.12. The van der Waals surface area contributed by atoms with E-state index in [9.17, 15) is 4.79 Å². The number of fused-ring (bicyclic) bond motifs is 1. The third kappa shape index (κ3) is 3.33. The highest BCUT2D eigenvalue weighted by atomic mass is 35.5. The van der Waals surface area contributed by atoms with Crippen molar-refractivity contribution in [2.24, 2.45) is 0 Å². The third-order valence-corrected chi connectivity index (χ3v) is 5.57. The lowest BCUT2D eigenvalue weighted by atomic mass is 10.1. The number of carbonyl (C=O) groups excluding carboxylic acids is 1. The number of piperazine rings is 1. The lowest BCUT2D eigenvalue weighted by Gasteiger charge is -2.33. The summed E-state index contributed by atoms with van der Waals surface area (Å²) < 4.78 is 1.83. The first-order valence-corrected chi connectivity index (χ1v) is 9.39. The van der Waals surface area contributed by atoms with Crippen LogP contribution in [0.25, 0.3) is 5.69 Å². The second-order valence-electron chi connectivity index (χ2n) is 6.69. The van der Waals surface area contributed by atoms with E-state index in [4.69, 9.17) is 23.2 Å². The maximum atomic E-state index is 13.1. The first-order chi connectivity index (χ1) is 12.1. The number of carbonyl (C=O) groups is 1. The topological polar surface area (TPSA) is 50.2 Å². The number of nitrogens with one attached hydrogen (secondary N) is 1. The molecule has 1 aromatic carbocycles. The van der Waals surface area contributed by atoms with Gasteiger partial charge in [-0.25, -0.2) is 4.68 Å². The average molecular weight is 416 g/mol. The summed E-state index contributed by atoms with van der Waals surface area (Å²) in [5.41, 5.74) is 3.51. The van der Waals surface area contributed by atoms with Crippen molar-refractivity contribution in [2.75, 3.05) is 19.6 Å². The van der Waals surface area contributed by atoms with Gasteiger partial charge in [-0.2, -0.15) is 5.10 Å². The highest BCUT2D eigenvalue weighted by Gasteiger charge is 2.32. The Balaban J connectivity index is 0.00000196. The summed E-state index contributed by atoms with van der Waals surface area (Å²) in [6.07, 6.45) is 2.84. The molecule has 1 aliphatic heterocycles. The second kappa shape index (κ2) is 7.77. The summed E-state index contributed by atoms with van der Waals surface area (Å²) in [6, 6.07) is 5.54. The molecule has 0 unspecified atom stereocenters. The number of benzene rings is 1. The summed E-state index contributed by atoms with van der Waals surface area (Å²) in [4.78, 5) is 15.0. The van der Waals surface area contributed by atoms with Gasteiger partial charge >= 0.3 is 0 Å². The fourth-order valence-electron chi connectivity index (χ4n) is 3.74. The zero-order chi connectivity index (χ0) is 17.6. The number of hydrogen-bond acceptors (Lipinski definition) is 3. The Labute approximate surface area is 169 Å². The summed E-state index contributed by atoms with van der Waals surface area (Å²) in [7, 11) is 0. The van der Waals surface area contributed by atoms with E-state index in [0.29, 0.717) is 22.3 Å². The predicted octanol–water partition coefficient (Wildman–Crippen LogP) is 3.52. The maximum absolute atomic E-state index is 13.1. The summed E-state index contributed by atoms with van der Waals surface area (Å²) in [6.45, 7) is 4.42. The first-order valence-electron chi connectivity index (χ1n) is 8.64. The van der Waals surface area contributed by atoms with Crippen LogP contribution in [0, 0.1) is 0 Å². The van der Waals surface area contributed by atoms with E-state index >= 15 is 0 Å². The molecule has 2 aliphatic rings. The monoisotopic (exact) mass is 414 g/mol. The molecule has 1 aliphatic carbocycles. The molecule has 5 nitrogen and oxygen atoms in total. The molecule has 0 spiro atoms. The van der Waals surface area contributed by atoms with Gasteiger partial charge < -0.3 is 10.2 Å². The van der Waals surface area contributed by atoms with Gasteiger partial charge in [0.05, 0.1) is 10.7 Å². The molecule has 0 bridgehead atoms. The fraction of sp³-hybridized carbons (Fsp3) is 0.444. The standard InChI is InChI=1S/C18H20Cl2N4O.ClH/c1-11-10-21-7-8-23(11)18(25)17-13-3-2-4-15(13)24(22-17)16-6-5-12(19)9-14(16)20;/h5-6,9,11,21H,2-4,7-8,10H2,1H3;1H/t11-;/m0./s1.